The van der Waals surface area contributed by atoms with Gasteiger partial charge >= 0.3 is 6.18 Å². The molecule has 0 bridgehead atoms. The number of amides is 3. The Kier molecular flexibility index (Phi) is 5.70. The quantitative estimate of drug-likeness (QED) is 0.462. The topological polar surface area (TPSA) is 95.5 Å². The summed E-state index contributed by atoms with van der Waals surface area (Å²) >= 11 is 1.25. The van der Waals surface area contributed by atoms with E-state index >= 15 is 0 Å². The van der Waals surface area contributed by atoms with Crippen LogP contribution in [-0.4, -0.2) is 63.2 Å². The zero-order chi connectivity index (χ0) is 29.0. The SMILES string of the molecule is Cc1cc(C(F)(F)F)nc(-c2nccc3cc(CN4C(=O)C5C(C4=O)C5(C)C)sc23)c1C(=O)N1C[C@H]2CCN[C@H]2C1. The third-order valence-corrected chi connectivity index (χ3v) is 10.4. The summed E-state index contributed by atoms with van der Waals surface area (Å²) in [5.74, 6) is -1.01. The van der Waals surface area contributed by atoms with E-state index in [0.717, 1.165) is 19.0 Å². The first kappa shape index (κ1) is 26.5. The summed E-state index contributed by atoms with van der Waals surface area (Å²) < 4.78 is 42.3. The predicted octanol–water partition coefficient (Wildman–Crippen LogP) is 4.26. The molecule has 41 heavy (non-hydrogen) atoms. The van der Waals surface area contributed by atoms with Gasteiger partial charge in [-0.3, -0.25) is 24.3 Å². The number of aromatic nitrogens is 2. The number of carbonyl (C=O) groups excluding carboxylic acids is 3. The van der Waals surface area contributed by atoms with Crippen LogP contribution in [0.2, 0.25) is 0 Å². The number of likely N-dealkylation sites (tertiary alicyclic amines) is 2. The van der Waals surface area contributed by atoms with E-state index in [0.29, 0.717) is 34.0 Å². The van der Waals surface area contributed by atoms with E-state index in [1.165, 1.54) is 29.4 Å². The molecule has 3 amide bonds. The maximum absolute atomic E-state index is 13.9. The molecule has 1 N–H and O–H groups in total. The molecule has 1 aliphatic carbocycles. The van der Waals surface area contributed by atoms with Crippen molar-refractivity contribution in [3.8, 4) is 11.4 Å². The number of rotatable bonds is 4. The molecule has 3 saturated heterocycles. The monoisotopic (exact) mass is 583 g/mol. The van der Waals surface area contributed by atoms with Crippen LogP contribution in [0, 0.1) is 30.1 Å². The average Bonchev–Trinajstić information content (AvgIpc) is 3.44. The number of hydrogen-bond donors (Lipinski definition) is 1. The first-order chi connectivity index (χ1) is 19.4. The molecular weight excluding hydrogens is 555 g/mol. The number of piperidine rings is 1. The number of imide groups is 1. The Balaban J connectivity index is 1.29. The van der Waals surface area contributed by atoms with Gasteiger partial charge in [0.2, 0.25) is 11.8 Å². The van der Waals surface area contributed by atoms with Gasteiger partial charge in [-0.15, -0.1) is 11.3 Å². The van der Waals surface area contributed by atoms with E-state index in [1.807, 2.05) is 19.9 Å². The number of aryl methyl sites for hydroxylation is 1. The minimum absolute atomic E-state index is 0.0872. The summed E-state index contributed by atoms with van der Waals surface area (Å²) in [5, 5.41) is 4.09. The van der Waals surface area contributed by atoms with Crippen LogP contribution in [0.15, 0.2) is 24.4 Å². The molecule has 7 rings (SSSR count). The molecule has 0 radical (unpaired) electrons. The van der Waals surface area contributed by atoms with Crippen LogP contribution in [0.5, 0.6) is 0 Å². The Morgan fingerprint density at radius 2 is 1.88 bits per heavy atom. The largest absolute Gasteiger partial charge is 0.433 e. The number of halogens is 3. The first-order valence-corrected chi connectivity index (χ1v) is 14.5. The highest BCUT2D eigenvalue weighted by molar-refractivity contribution is 7.19. The van der Waals surface area contributed by atoms with Gasteiger partial charge in [-0.25, -0.2) is 4.98 Å². The second kappa shape index (κ2) is 8.81. The molecule has 0 spiro atoms. The first-order valence-electron chi connectivity index (χ1n) is 13.7. The van der Waals surface area contributed by atoms with Crippen molar-refractivity contribution in [2.45, 2.75) is 46.0 Å². The van der Waals surface area contributed by atoms with Gasteiger partial charge in [0.05, 0.1) is 28.6 Å². The fourth-order valence-corrected chi connectivity index (χ4v) is 8.15. The lowest BCUT2D eigenvalue weighted by molar-refractivity contribution is -0.144. The lowest BCUT2D eigenvalue weighted by Gasteiger charge is -2.21. The zero-order valence-corrected chi connectivity index (χ0v) is 23.5. The van der Waals surface area contributed by atoms with Crippen LogP contribution in [0.3, 0.4) is 0 Å². The Labute approximate surface area is 237 Å². The van der Waals surface area contributed by atoms with Gasteiger partial charge in [0.15, 0.2) is 0 Å². The van der Waals surface area contributed by atoms with Crippen LogP contribution in [0.4, 0.5) is 13.2 Å². The van der Waals surface area contributed by atoms with Crippen LogP contribution in [-0.2, 0) is 22.3 Å². The van der Waals surface area contributed by atoms with Crippen molar-refractivity contribution in [3.05, 3.63) is 46.1 Å². The van der Waals surface area contributed by atoms with Crippen LogP contribution < -0.4 is 5.32 Å². The Bertz CT molecular complexity index is 1610. The van der Waals surface area contributed by atoms with Crippen LogP contribution in [0.1, 0.15) is 46.8 Å². The minimum Gasteiger partial charge on any atom is -0.337 e. The van der Waals surface area contributed by atoms with Crippen molar-refractivity contribution < 1.29 is 27.6 Å². The maximum Gasteiger partial charge on any atom is 0.433 e. The van der Waals surface area contributed by atoms with Gasteiger partial charge in [-0.2, -0.15) is 13.2 Å². The van der Waals surface area contributed by atoms with E-state index in [-0.39, 0.29) is 70.1 Å². The van der Waals surface area contributed by atoms with Crippen molar-refractivity contribution >= 4 is 39.1 Å². The van der Waals surface area contributed by atoms with Crippen LogP contribution >= 0.6 is 11.3 Å². The predicted molar refractivity (Wildman–Crippen MR) is 145 cm³/mol. The maximum atomic E-state index is 13.9. The van der Waals surface area contributed by atoms with E-state index in [9.17, 15) is 27.6 Å². The molecule has 3 aromatic rings. The number of nitrogens with zero attached hydrogens (tertiary/aromatic N) is 4. The summed E-state index contributed by atoms with van der Waals surface area (Å²) in [6.45, 7) is 7.34. The highest BCUT2D eigenvalue weighted by atomic mass is 32.1. The van der Waals surface area contributed by atoms with Gasteiger partial charge in [-0.05, 0) is 60.4 Å². The van der Waals surface area contributed by atoms with E-state index < -0.39 is 11.9 Å². The van der Waals surface area contributed by atoms with E-state index in [2.05, 4.69) is 15.3 Å². The molecular formula is C29H28F3N5O3S. The number of fused-ring (bicyclic) bond motifs is 3. The Morgan fingerprint density at radius 1 is 1.15 bits per heavy atom. The number of alkyl halides is 3. The zero-order valence-electron chi connectivity index (χ0n) is 22.7. The summed E-state index contributed by atoms with van der Waals surface area (Å²) in [7, 11) is 0. The molecule has 2 unspecified atom stereocenters. The molecule has 6 heterocycles. The second-order valence-electron chi connectivity index (χ2n) is 12.2. The Morgan fingerprint density at radius 3 is 2.56 bits per heavy atom. The molecule has 3 aliphatic heterocycles. The van der Waals surface area contributed by atoms with Gasteiger partial charge in [0, 0.05) is 30.2 Å². The molecule has 8 nitrogen and oxygen atoms in total. The van der Waals surface area contributed by atoms with Crippen molar-refractivity contribution in [1.82, 2.24) is 25.1 Å². The molecule has 1 saturated carbocycles. The third kappa shape index (κ3) is 4.01. The molecule has 0 aromatic carbocycles. The molecule has 214 valence electrons. The van der Waals surface area contributed by atoms with Gasteiger partial charge in [0.25, 0.3) is 5.91 Å². The summed E-state index contributed by atoms with van der Waals surface area (Å²) in [6, 6.07) is 4.64. The third-order valence-electron chi connectivity index (χ3n) is 9.29. The van der Waals surface area contributed by atoms with Crippen molar-refractivity contribution in [2.24, 2.45) is 23.2 Å². The van der Waals surface area contributed by atoms with Crippen molar-refractivity contribution in [1.29, 1.82) is 0 Å². The molecule has 12 heteroatoms. The molecule has 3 aromatic heterocycles. The second-order valence-corrected chi connectivity index (χ2v) is 13.3. The smallest absolute Gasteiger partial charge is 0.337 e. The lowest BCUT2D eigenvalue weighted by atomic mass is 10.0. The molecule has 4 aliphatic rings. The highest BCUT2D eigenvalue weighted by Crippen LogP contribution is 2.63. The van der Waals surface area contributed by atoms with Crippen molar-refractivity contribution in [3.63, 3.8) is 0 Å². The number of hydrogen-bond acceptors (Lipinski definition) is 7. The van der Waals surface area contributed by atoms with E-state index in [4.69, 9.17) is 0 Å². The summed E-state index contributed by atoms with van der Waals surface area (Å²) in [4.78, 5) is 51.8. The number of pyridine rings is 2. The van der Waals surface area contributed by atoms with Gasteiger partial charge < -0.3 is 10.2 Å². The number of carbonyl (C=O) groups is 3. The van der Waals surface area contributed by atoms with Crippen molar-refractivity contribution in [2.75, 3.05) is 19.6 Å². The fraction of sp³-hybridized carbons (Fsp3) is 0.483. The standard InChI is InChI=1S/C29H28F3N5O3S/c1-13-8-18(29(30,31)32)35-22(19(13)25(38)36-10-15-5-6-33-17(15)12-36)23-24-14(4-7-34-23)9-16(41-24)11-37-26(39)20-21(27(37)40)28(20,2)3/h4,7-9,15,17,20-21,33H,5-6,10-12H2,1-3H3/t15-,17+,20?,21?/m1/s1. The number of nitrogens with one attached hydrogen (secondary N) is 1. The van der Waals surface area contributed by atoms with Gasteiger partial charge in [0.1, 0.15) is 17.1 Å². The Hall–Kier alpha value is -3.38. The highest BCUT2D eigenvalue weighted by Gasteiger charge is 2.72. The molecule has 4 fully saturated rings. The summed E-state index contributed by atoms with van der Waals surface area (Å²) in [5.41, 5.74) is -1.04. The van der Waals surface area contributed by atoms with E-state index in [1.54, 1.807) is 11.0 Å². The molecule has 4 atom stereocenters. The summed E-state index contributed by atoms with van der Waals surface area (Å²) in [6.07, 6.45) is -2.28. The fourth-order valence-electron chi connectivity index (χ4n) is 7.01. The number of thiophene rings is 1. The van der Waals surface area contributed by atoms with Crippen LogP contribution in [0.25, 0.3) is 21.5 Å². The lowest BCUT2D eigenvalue weighted by Crippen LogP contribution is -2.35. The van der Waals surface area contributed by atoms with Gasteiger partial charge in [-0.1, -0.05) is 13.8 Å². The average molecular weight is 584 g/mol. The minimum atomic E-state index is -4.71. The normalized spacial score (nSPS) is 26.7.